The number of aromatic nitrogens is 1. The summed E-state index contributed by atoms with van der Waals surface area (Å²) in [6, 6.07) is 12.9. The molecule has 1 aromatic rings. The van der Waals surface area contributed by atoms with Crippen molar-refractivity contribution in [2.24, 2.45) is 0 Å². The van der Waals surface area contributed by atoms with Gasteiger partial charge in [0.1, 0.15) is 0 Å². The molecule has 0 spiro atoms. The van der Waals surface area contributed by atoms with Crippen LogP contribution >= 0.6 is 0 Å². The molecule has 4 nitrogen and oxygen atoms in total. The fourth-order valence-corrected chi connectivity index (χ4v) is 3.00. The lowest BCUT2D eigenvalue weighted by Crippen LogP contribution is -2.17. The zero-order valence-electron chi connectivity index (χ0n) is 14.0. The molecule has 122 valence electrons. The van der Waals surface area contributed by atoms with Gasteiger partial charge in [-0.1, -0.05) is 18.2 Å². The lowest BCUT2D eigenvalue weighted by atomic mass is 9.94. The van der Waals surface area contributed by atoms with Gasteiger partial charge in [0.2, 0.25) is 0 Å². The minimum Gasteiger partial charge on any atom is -0.462 e. The summed E-state index contributed by atoms with van der Waals surface area (Å²) in [6.45, 7) is 5.80. The number of fused-ring (bicyclic) bond motifs is 1. The highest BCUT2D eigenvalue weighted by Gasteiger charge is 2.23. The zero-order chi connectivity index (χ0) is 17.3. The first-order chi connectivity index (χ1) is 11.5. The van der Waals surface area contributed by atoms with E-state index in [1.165, 1.54) is 6.07 Å². The second kappa shape index (κ2) is 6.32. The van der Waals surface area contributed by atoms with Crippen LogP contribution in [0, 0.1) is 13.8 Å². The van der Waals surface area contributed by atoms with Crippen LogP contribution in [0.4, 0.5) is 0 Å². The van der Waals surface area contributed by atoms with Crippen LogP contribution in [0.3, 0.4) is 0 Å². The quantitative estimate of drug-likeness (QED) is 0.691. The van der Waals surface area contributed by atoms with Crippen LogP contribution in [0.2, 0.25) is 0 Å². The maximum Gasteiger partial charge on any atom is 0.340 e. The number of carbonyl (C=O) groups excluding carboxylic acids is 1. The van der Waals surface area contributed by atoms with E-state index in [4.69, 9.17) is 4.74 Å². The molecule has 0 saturated heterocycles. The molecule has 2 aliphatic rings. The van der Waals surface area contributed by atoms with Crippen molar-refractivity contribution in [3.05, 3.63) is 75.7 Å². The summed E-state index contributed by atoms with van der Waals surface area (Å²) in [4.78, 5) is 24.5. The van der Waals surface area contributed by atoms with Crippen LogP contribution < -0.4 is 5.43 Å². The molecule has 3 rings (SSSR count). The summed E-state index contributed by atoms with van der Waals surface area (Å²) in [5.41, 5.74) is 4.38. The number of aryl methyl sites for hydroxylation is 1. The molecule has 1 aliphatic carbocycles. The van der Waals surface area contributed by atoms with E-state index in [1.54, 1.807) is 13.0 Å². The van der Waals surface area contributed by atoms with Crippen molar-refractivity contribution in [3.63, 3.8) is 0 Å². The van der Waals surface area contributed by atoms with Crippen molar-refractivity contribution in [2.75, 3.05) is 6.61 Å². The molecule has 0 bridgehead atoms. The standard InChI is InChI=1S/C20H19NO3/c1-4-24-20(23)19-14(3)21(15-8-6-5-7-9-15)12-18-13(2)10-16(22)11-17(18)19/h5-12H,4H2,1-3H3. The number of benzene rings is 2. The first kappa shape index (κ1) is 16.0. The lowest BCUT2D eigenvalue weighted by Gasteiger charge is -2.21. The highest BCUT2D eigenvalue weighted by molar-refractivity contribution is 5.99. The number of esters is 1. The van der Waals surface area contributed by atoms with Gasteiger partial charge in [0.05, 0.1) is 12.2 Å². The molecular formula is C20H19NO3. The largest absolute Gasteiger partial charge is 0.462 e. The number of pyridine rings is 1. The minimum absolute atomic E-state index is 0.109. The molecule has 0 aromatic heterocycles. The van der Waals surface area contributed by atoms with Crippen LogP contribution in [0.1, 0.15) is 28.5 Å². The third-order valence-corrected chi connectivity index (χ3v) is 4.12. The summed E-state index contributed by atoms with van der Waals surface area (Å²) in [5.74, 6) is -0.407. The van der Waals surface area contributed by atoms with E-state index in [-0.39, 0.29) is 12.0 Å². The number of ether oxygens (including phenoxy) is 1. The van der Waals surface area contributed by atoms with Gasteiger partial charge in [-0.15, -0.1) is 0 Å². The maximum absolute atomic E-state index is 12.5. The third-order valence-electron chi connectivity index (χ3n) is 4.12. The molecule has 0 atom stereocenters. The second-order valence-electron chi connectivity index (χ2n) is 5.72. The Labute approximate surface area is 140 Å². The molecular weight excluding hydrogens is 302 g/mol. The topological polar surface area (TPSA) is 48.3 Å². The van der Waals surface area contributed by atoms with Gasteiger partial charge in [0.15, 0.2) is 5.43 Å². The van der Waals surface area contributed by atoms with Gasteiger partial charge in [-0.05, 0) is 50.6 Å². The van der Waals surface area contributed by atoms with E-state index < -0.39 is 5.97 Å². The first-order valence-electron chi connectivity index (χ1n) is 7.92. The molecule has 0 N–H and O–H groups in total. The summed E-state index contributed by atoms with van der Waals surface area (Å²) in [7, 11) is 0. The Morgan fingerprint density at radius 2 is 1.79 bits per heavy atom. The number of rotatable bonds is 3. The van der Waals surface area contributed by atoms with Crippen molar-refractivity contribution in [1.82, 2.24) is 4.57 Å². The summed E-state index contributed by atoms with van der Waals surface area (Å²) in [5, 5.41) is 0. The highest BCUT2D eigenvalue weighted by Crippen LogP contribution is 2.32. The average molecular weight is 321 g/mol. The monoisotopic (exact) mass is 321 g/mol. The normalized spacial score (nSPS) is 10.8. The van der Waals surface area contributed by atoms with Gasteiger partial charge in [-0.2, -0.15) is 0 Å². The number of para-hydroxylation sites is 1. The number of hydrogen-bond donors (Lipinski definition) is 0. The fraction of sp³-hybridized carbons (Fsp3) is 0.200. The van der Waals surface area contributed by atoms with Crippen LogP contribution in [-0.2, 0) is 4.74 Å². The van der Waals surface area contributed by atoms with Gasteiger partial charge in [0, 0.05) is 28.7 Å². The van der Waals surface area contributed by atoms with Crippen molar-refractivity contribution in [3.8, 4) is 16.8 Å². The second-order valence-corrected chi connectivity index (χ2v) is 5.72. The Morgan fingerprint density at radius 3 is 2.46 bits per heavy atom. The first-order valence-corrected chi connectivity index (χ1v) is 7.92. The molecule has 0 saturated carbocycles. The van der Waals surface area contributed by atoms with Crippen LogP contribution in [0.5, 0.6) is 0 Å². The summed E-state index contributed by atoms with van der Waals surface area (Å²) >= 11 is 0. The van der Waals surface area contributed by atoms with Gasteiger partial charge < -0.3 is 9.30 Å². The zero-order valence-corrected chi connectivity index (χ0v) is 14.0. The molecule has 1 heterocycles. The maximum atomic E-state index is 12.5. The molecule has 24 heavy (non-hydrogen) atoms. The van der Waals surface area contributed by atoms with Gasteiger partial charge in [0.25, 0.3) is 0 Å². The fourth-order valence-electron chi connectivity index (χ4n) is 3.00. The van der Waals surface area contributed by atoms with Crippen LogP contribution in [-0.4, -0.2) is 17.1 Å². The van der Waals surface area contributed by atoms with E-state index in [2.05, 4.69) is 0 Å². The van der Waals surface area contributed by atoms with E-state index in [0.717, 1.165) is 22.5 Å². The summed E-state index contributed by atoms with van der Waals surface area (Å²) in [6.07, 6.45) is 1.97. The Hall–Kier alpha value is -2.88. The predicted octanol–water partition coefficient (Wildman–Crippen LogP) is 3.74. The smallest absolute Gasteiger partial charge is 0.340 e. The Bertz CT molecular complexity index is 926. The van der Waals surface area contributed by atoms with Crippen molar-refractivity contribution >= 4 is 5.97 Å². The molecule has 1 aliphatic heterocycles. The SMILES string of the molecule is CCOC(=O)c1c2cc(=O)cc(C)c-2cn(-c2ccccc2)c1C. The average Bonchev–Trinajstić information content (AvgIpc) is 2.55. The van der Waals surface area contributed by atoms with E-state index in [1.807, 2.05) is 54.9 Å². The van der Waals surface area contributed by atoms with Gasteiger partial charge >= 0.3 is 5.97 Å². The molecule has 4 heteroatoms. The molecule has 1 aromatic carbocycles. The third kappa shape index (κ3) is 2.71. The molecule has 0 unspecified atom stereocenters. The lowest BCUT2D eigenvalue weighted by molar-refractivity contribution is 0.0525. The molecule has 0 fully saturated rings. The van der Waals surface area contributed by atoms with Gasteiger partial charge in [-0.25, -0.2) is 4.79 Å². The minimum atomic E-state index is -0.407. The van der Waals surface area contributed by atoms with Crippen LogP contribution in [0.15, 0.2) is 53.5 Å². The Balaban J connectivity index is 2.39. The molecule has 0 radical (unpaired) electrons. The van der Waals surface area contributed by atoms with E-state index >= 15 is 0 Å². The Morgan fingerprint density at radius 1 is 1.08 bits per heavy atom. The van der Waals surface area contributed by atoms with Gasteiger partial charge in [-0.3, -0.25) is 4.79 Å². The number of nitrogens with zero attached hydrogens (tertiary/aromatic N) is 1. The molecule has 0 amide bonds. The number of hydrogen-bond acceptors (Lipinski definition) is 3. The predicted molar refractivity (Wildman–Crippen MR) is 94.1 cm³/mol. The number of carbonyl (C=O) groups is 1. The van der Waals surface area contributed by atoms with Crippen LogP contribution in [0.25, 0.3) is 16.8 Å². The van der Waals surface area contributed by atoms with Crippen molar-refractivity contribution in [1.29, 1.82) is 0 Å². The Kier molecular flexibility index (Phi) is 4.21. The summed E-state index contributed by atoms with van der Waals surface area (Å²) < 4.78 is 7.20. The van der Waals surface area contributed by atoms with E-state index in [9.17, 15) is 9.59 Å². The highest BCUT2D eigenvalue weighted by atomic mass is 16.5. The van der Waals surface area contributed by atoms with Crippen molar-refractivity contribution in [2.45, 2.75) is 20.8 Å². The van der Waals surface area contributed by atoms with Crippen molar-refractivity contribution < 1.29 is 9.53 Å². The van der Waals surface area contributed by atoms with E-state index in [0.29, 0.717) is 11.1 Å².